The maximum absolute atomic E-state index is 12.6. The van der Waals surface area contributed by atoms with Crippen molar-refractivity contribution in [3.05, 3.63) is 0 Å². The van der Waals surface area contributed by atoms with E-state index in [2.05, 4.69) is 0 Å². The van der Waals surface area contributed by atoms with Gasteiger partial charge < -0.3 is 15.7 Å². The van der Waals surface area contributed by atoms with Crippen LogP contribution in [-0.4, -0.2) is 46.8 Å². The van der Waals surface area contributed by atoms with Crippen LogP contribution in [0.15, 0.2) is 0 Å². The molecule has 1 aliphatic rings. The molecule has 0 aromatic carbocycles. The first-order valence-electron chi connectivity index (χ1n) is 7.00. The molecule has 0 atom stereocenters. The van der Waals surface area contributed by atoms with Gasteiger partial charge in [0.15, 0.2) is 0 Å². The Morgan fingerprint density at radius 2 is 1.76 bits per heavy atom. The second-order valence-corrected chi connectivity index (χ2v) is 5.87. The van der Waals surface area contributed by atoms with Gasteiger partial charge in [0.05, 0.1) is 17.0 Å². The van der Waals surface area contributed by atoms with E-state index in [0.717, 1.165) is 12.8 Å². The minimum Gasteiger partial charge on any atom is -0.395 e. The quantitative estimate of drug-likeness (QED) is 0.599. The number of rotatable bonds is 5. The van der Waals surface area contributed by atoms with Crippen molar-refractivity contribution in [2.24, 2.45) is 11.1 Å². The lowest BCUT2D eigenvalue weighted by molar-refractivity contribution is -0.166. The number of carbonyl (C=O) groups excluding carboxylic acids is 1. The van der Waals surface area contributed by atoms with Crippen molar-refractivity contribution >= 4 is 23.1 Å². The van der Waals surface area contributed by atoms with Gasteiger partial charge in [0, 0.05) is 6.54 Å². The number of aliphatic hydroxyl groups is 1. The number of amides is 1. The molecule has 1 fully saturated rings. The molecule has 3 N–H and O–H groups in total. The summed E-state index contributed by atoms with van der Waals surface area (Å²) in [5.74, 6) is -0.705. The number of nitrogens with zero attached hydrogens (tertiary/aromatic N) is 1. The van der Waals surface area contributed by atoms with E-state index in [0.29, 0.717) is 30.6 Å². The molecule has 1 saturated carbocycles. The van der Waals surface area contributed by atoms with Gasteiger partial charge in [-0.15, -0.1) is 0 Å². The highest BCUT2D eigenvalue weighted by molar-refractivity contribution is 7.80. The van der Waals surface area contributed by atoms with Gasteiger partial charge in [0.25, 0.3) is 0 Å². The van der Waals surface area contributed by atoms with E-state index < -0.39 is 30.7 Å². The minimum atomic E-state index is -4.52. The zero-order valence-corrected chi connectivity index (χ0v) is 12.6. The Morgan fingerprint density at radius 3 is 2.14 bits per heavy atom. The predicted molar refractivity (Wildman–Crippen MR) is 76.6 cm³/mol. The lowest BCUT2D eigenvalue weighted by atomic mass is 9.78. The molecule has 1 amide bonds. The summed E-state index contributed by atoms with van der Waals surface area (Å²) in [6, 6.07) is 0. The molecule has 8 heteroatoms. The summed E-state index contributed by atoms with van der Waals surface area (Å²) in [6.45, 7) is -2.30. The highest BCUT2D eigenvalue weighted by Gasteiger charge is 2.46. The van der Waals surface area contributed by atoms with E-state index in [1.807, 2.05) is 0 Å². The third kappa shape index (κ3) is 4.81. The van der Waals surface area contributed by atoms with Gasteiger partial charge in [0.2, 0.25) is 5.91 Å². The number of thiocarbonyl (C=S) groups is 1. The van der Waals surface area contributed by atoms with Crippen LogP contribution in [0, 0.1) is 5.41 Å². The molecule has 122 valence electrons. The monoisotopic (exact) mass is 326 g/mol. The topological polar surface area (TPSA) is 66.6 Å². The van der Waals surface area contributed by atoms with Gasteiger partial charge >= 0.3 is 6.18 Å². The number of hydrogen-bond donors (Lipinski definition) is 2. The van der Waals surface area contributed by atoms with Crippen molar-refractivity contribution in [1.82, 2.24) is 4.90 Å². The first-order valence-corrected chi connectivity index (χ1v) is 7.41. The van der Waals surface area contributed by atoms with E-state index >= 15 is 0 Å². The Kier molecular flexibility index (Phi) is 6.40. The standard InChI is InChI=1S/C13H21F3N2O2S/c14-13(15,16)9-18(7-8-19)11(20)12(10(17)21)5-3-1-2-4-6-12/h19H,1-9H2,(H2,17,21). The molecular formula is C13H21F3N2O2S. The summed E-state index contributed by atoms with van der Waals surface area (Å²) in [6.07, 6.45) is -0.521. The smallest absolute Gasteiger partial charge is 0.395 e. The minimum absolute atomic E-state index is 0.0421. The number of hydrogen-bond acceptors (Lipinski definition) is 3. The third-order valence-corrected chi connectivity index (χ3v) is 4.26. The number of nitrogens with two attached hydrogens (primary N) is 1. The number of carbonyl (C=O) groups is 1. The predicted octanol–water partition coefficient (Wildman–Crippen LogP) is 2.00. The first kappa shape index (κ1) is 18.2. The number of halogens is 3. The summed E-state index contributed by atoms with van der Waals surface area (Å²) in [5.41, 5.74) is 4.51. The first-order chi connectivity index (χ1) is 9.73. The second kappa shape index (κ2) is 7.40. The van der Waals surface area contributed by atoms with Crippen molar-refractivity contribution in [1.29, 1.82) is 0 Å². The SMILES string of the molecule is NC(=S)C1(C(=O)N(CCO)CC(F)(F)F)CCCCCC1. The molecule has 0 bridgehead atoms. The Labute approximate surface area is 127 Å². The van der Waals surface area contributed by atoms with Crippen LogP contribution in [0.25, 0.3) is 0 Å². The van der Waals surface area contributed by atoms with Crippen LogP contribution >= 0.6 is 12.2 Å². The van der Waals surface area contributed by atoms with Gasteiger partial charge in [-0.05, 0) is 12.8 Å². The fourth-order valence-corrected chi connectivity index (χ4v) is 3.08. The molecule has 0 radical (unpaired) electrons. The molecular weight excluding hydrogens is 305 g/mol. The highest BCUT2D eigenvalue weighted by atomic mass is 32.1. The van der Waals surface area contributed by atoms with E-state index in [9.17, 15) is 18.0 Å². The highest BCUT2D eigenvalue weighted by Crippen LogP contribution is 2.38. The van der Waals surface area contributed by atoms with Crippen LogP contribution in [0.4, 0.5) is 13.2 Å². The normalized spacial score (nSPS) is 18.9. The summed E-state index contributed by atoms with van der Waals surface area (Å²) in [4.78, 5) is 13.2. The average molecular weight is 326 g/mol. The maximum atomic E-state index is 12.6. The largest absolute Gasteiger partial charge is 0.406 e. The van der Waals surface area contributed by atoms with Gasteiger partial charge in [-0.3, -0.25) is 4.79 Å². The van der Waals surface area contributed by atoms with E-state index in [4.69, 9.17) is 23.1 Å². The fourth-order valence-electron chi connectivity index (χ4n) is 2.79. The molecule has 0 aromatic rings. The summed E-state index contributed by atoms with van der Waals surface area (Å²) < 4.78 is 37.9. The van der Waals surface area contributed by atoms with Crippen LogP contribution in [0.2, 0.25) is 0 Å². The van der Waals surface area contributed by atoms with Crippen LogP contribution < -0.4 is 5.73 Å². The van der Waals surface area contributed by atoms with Gasteiger partial charge in [-0.25, -0.2) is 0 Å². The van der Waals surface area contributed by atoms with E-state index in [1.165, 1.54) is 0 Å². The summed E-state index contributed by atoms with van der Waals surface area (Å²) in [5, 5.41) is 8.93. The van der Waals surface area contributed by atoms with Crippen molar-refractivity contribution in [2.75, 3.05) is 19.7 Å². The molecule has 1 rings (SSSR count). The molecule has 0 spiro atoms. The Bertz CT molecular complexity index is 380. The molecule has 0 unspecified atom stereocenters. The Balaban J connectivity index is 3.03. The molecule has 0 saturated heterocycles. The van der Waals surface area contributed by atoms with Crippen LogP contribution in [-0.2, 0) is 4.79 Å². The summed E-state index contributed by atoms with van der Waals surface area (Å²) >= 11 is 5.00. The van der Waals surface area contributed by atoms with E-state index in [1.54, 1.807) is 0 Å². The van der Waals surface area contributed by atoms with Crippen molar-refractivity contribution in [3.63, 3.8) is 0 Å². The molecule has 0 heterocycles. The van der Waals surface area contributed by atoms with Crippen LogP contribution in [0.5, 0.6) is 0 Å². The maximum Gasteiger partial charge on any atom is 0.406 e. The molecule has 0 aromatic heterocycles. The summed E-state index contributed by atoms with van der Waals surface area (Å²) in [7, 11) is 0. The fraction of sp³-hybridized carbons (Fsp3) is 0.846. The number of aliphatic hydroxyl groups excluding tert-OH is 1. The molecule has 1 aliphatic carbocycles. The zero-order valence-electron chi connectivity index (χ0n) is 11.8. The van der Waals surface area contributed by atoms with Crippen molar-refractivity contribution < 1.29 is 23.1 Å². The van der Waals surface area contributed by atoms with Crippen LogP contribution in [0.3, 0.4) is 0 Å². The van der Waals surface area contributed by atoms with Crippen molar-refractivity contribution in [3.8, 4) is 0 Å². The third-order valence-electron chi connectivity index (χ3n) is 3.87. The van der Waals surface area contributed by atoms with Crippen molar-refractivity contribution in [2.45, 2.75) is 44.7 Å². The second-order valence-electron chi connectivity index (χ2n) is 5.43. The molecule has 0 aliphatic heterocycles. The van der Waals surface area contributed by atoms with E-state index in [-0.39, 0.29) is 11.5 Å². The lowest BCUT2D eigenvalue weighted by Gasteiger charge is -2.36. The Hall–Kier alpha value is -0.890. The van der Waals surface area contributed by atoms with Gasteiger partial charge in [0.1, 0.15) is 6.54 Å². The van der Waals surface area contributed by atoms with Gasteiger partial charge in [-0.1, -0.05) is 37.9 Å². The molecule has 21 heavy (non-hydrogen) atoms. The van der Waals surface area contributed by atoms with Gasteiger partial charge in [-0.2, -0.15) is 13.2 Å². The Morgan fingerprint density at radius 1 is 1.24 bits per heavy atom. The lowest BCUT2D eigenvalue weighted by Crippen LogP contribution is -2.53. The zero-order chi connectivity index (χ0) is 16.1. The average Bonchev–Trinajstić information content (AvgIpc) is 2.62. The van der Waals surface area contributed by atoms with Crippen LogP contribution in [0.1, 0.15) is 38.5 Å². The number of alkyl halides is 3. The molecule has 4 nitrogen and oxygen atoms in total.